The molecule has 3 aliphatic carbocycles. The highest BCUT2D eigenvalue weighted by Gasteiger charge is 2.55. The van der Waals surface area contributed by atoms with Crippen molar-refractivity contribution in [2.75, 3.05) is 19.7 Å². The summed E-state index contributed by atoms with van der Waals surface area (Å²) in [7, 11) is 0. The molecule has 2 N–H and O–H groups in total. The van der Waals surface area contributed by atoms with Crippen LogP contribution in [0.25, 0.3) is 0 Å². The molecule has 226 valence electrons. The second kappa shape index (κ2) is 12.3. The molecular formula is C28H35Cl2F3N4O4. The average Bonchev–Trinajstić information content (AvgIpc) is 2.88. The fourth-order valence-electron chi connectivity index (χ4n) is 5.63. The first-order valence-corrected chi connectivity index (χ1v) is 14.1. The number of rotatable bonds is 10. The summed E-state index contributed by atoms with van der Waals surface area (Å²) in [6.07, 6.45) is -0.335. The van der Waals surface area contributed by atoms with E-state index < -0.39 is 52.1 Å². The van der Waals surface area contributed by atoms with Gasteiger partial charge in [-0.25, -0.2) is 0 Å². The molecule has 0 aliphatic heterocycles. The number of amides is 1. The van der Waals surface area contributed by atoms with E-state index in [2.05, 4.69) is 10.3 Å². The van der Waals surface area contributed by atoms with E-state index >= 15 is 0 Å². The van der Waals surface area contributed by atoms with Crippen molar-refractivity contribution in [3.05, 3.63) is 39.3 Å². The van der Waals surface area contributed by atoms with Crippen molar-refractivity contribution in [1.82, 2.24) is 15.2 Å². The van der Waals surface area contributed by atoms with Crippen molar-refractivity contribution in [2.24, 2.45) is 10.8 Å². The monoisotopic (exact) mass is 618 g/mol. The Labute approximate surface area is 247 Å². The average molecular weight is 620 g/mol. The summed E-state index contributed by atoms with van der Waals surface area (Å²) in [6.45, 7) is 6.52. The third-order valence-corrected chi connectivity index (χ3v) is 8.26. The van der Waals surface area contributed by atoms with Crippen molar-refractivity contribution in [2.45, 2.75) is 77.9 Å². The summed E-state index contributed by atoms with van der Waals surface area (Å²) >= 11 is 12.2. The second-order valence-corrected chi connectivity index (χ2v) is 12.8. The molecular weight excluding hydrogens is 584 g/mol. The maximum absolute atomic E-state index is 14.6. The van der Waals surface area contributed by atoms with Gasteiger partial charge in [-0.15, -0.1) is 0 Å². The van der Waals surface area contributed by atoms with Crippen LogP contribution in [0.5, 0.6) is 0 Å². The minimum Gasteiger partial charge on any atom is -0.466 e. The van der Waals surface area contributed by atoms with E-state index in [1.807, 2.05) is 0 Å². The number of esters is 1. The number of Topliss-reactive ketones (excluding diaryl/α,β-unsaturated/α-hetero) is 1. The van der Waals surface area contributed by atoms with Gasteiger partial charge in [0.15, 0.2) is 5.78 Å². The Balaban J connectivity index is 1.97. The lowest BCUT2D eigenvalue weighted by Gasteiger charge is -2.52. The van der Waals surface area contributed by atoms with Crippen molar-refractivity contribution < 1.29 is 32.3 Å². The van der Waals surface area contributed by atoms with Gasteiger partial charge in [0.1, 0.15) is 5.70 Å². The number of halogens is 5. The second-order valence-electron chi connectivity index (χ2n) is 12.0. The molecule has 0 aromatic carbocycles. The number of hydrogen-bond acceptors (Lipinski definition) is 7. The van der Waals surface area contributed by atoms with Gasteiger partial charge < -0.3 is 20.4 Å². The molecule has 1 amide bonds. The predicted molar refractivity (Wildman–Crippen MR) is 149 cm³/mol. The molecule has 8 nitrogen and oxygen atoms in total. The molecule has 1 aromatic heterocycles. The van der Waals surface area contributed by atoms with Gasteiger partial charge in [0.05, 0.1) is 39.7 Å². The number of allylic oxidation sites excluding steroid dienone is 1. The number of alkyl halides is 3. The minimum absolute atomic E-state index is 0.0567. The molecule has 4 rings (SSSR count). The number of nitrogens with one attached hydrogen (secondary N) is 2. The minimum atomic E-state index is -5.00. The first-order chi connectivity index (χ1) is 19.0. The van der Waals surface area contributed by atoms with Gasteiger partial charge in [-0.05, 0) is 50.9 Å². The topological polar surface area (TPSA) is 112 Å². The van der Waals surface area contributed by atoms with E-state index in [0.29, 0.717) is 25.5 Å². The molecule has 0 saturated heterocycles. The lowest BCUT2D eigenvalue weighted by molar-refractivity contribution is -0.163. The van der Waals surface area contributed by atoms with Crippen LogP contribution < -0.4 is 5.32 Å². The van der Waals surface area contributed by atoms with Gasteiger partial charge >= 0.3 is 12.1 Å². The Bertz CT molecular complexity index is 1200. The molecule has 3 fully saturated rings. The third kappa shape index (κ3) is 7.41. The summed E-state index contributed by atoms with van der Waals surface area (Å²) in [5.41, 5.74) is -4.67. The van der Waals surface area contributed by atoms with E-state index in [1.54, 1.807) is 27.7 Å². The van der Waals surface area contributed by atoms with Crippen LogP contribution in [0.15, 0.2) is 23.7 Å². The van der Waals surface area contributed by atoms with Crippen LogP contribution in [-0.4, -0.2) is 65.2 Å². The van der Waals surface area contributed by atoms with Gasteiger partial charge in [0, 0.05) is 30.7 Å². The lowest BCUT2D eigenvalue weighted by atomic mass is 9.57. The SMILES string of the molecule is CCOC(=O)C12CCC(N/C(=C(\C=N)C(=O)N(CC(=O)c3c(Cl)cncc3Cl)CC(C)(C)C)C(F)(F)F)(CC1)CC2. The number of pyridine rings is 1. The van der Waals surface area contributed by atoms with Gasteiger partial charge in [-0.1, -0.05) is 44.0 Å². The van der Waals surface area contributed by atoms with Crippen LogP contribution in [0.4, 0.5) is 13.2 Å². The molecule has 0 radical (unpaired) electrons. The first-order valence-electron chi connectivity index (χ1n) is 13.4. The summed E-state index contributed by atoms with van der Waals surface area (Å²) in [4.78, 5) is 44.2. The zero-order chi connectivity index (χ0) is 30.8. The number of carbonyl (C=O) groups excluding carboxylic acids is 3. The number of ketones is 1. The molecule has 13 heteroatoms. The number of hydrogen-bond donors (Lipinski definition) is 2. The van der Waals surface area contributed by atoms with Gasteiger partial charge in [0.25, 0.3) is 5.91 Å². The molecule has 0 unspecified atom stereocenters. The molecule has 0 atom stereocenters. The Morgan fingerprint density at radius 1 is 1.07 bits per heavy atom. The van der Waals surface area contributed by atoms with Crippen LogP contribution in [0.2, 0.25) is 10.0 Å². The van der Waals surface area contributed by atoms with Crippen LogP contribution in [-0.2, 0) is 14.3 Å². The standard InChI is InChI=1S/C28H35Cl2F3N4O4/c1-5-41-24(40)26-6-9-27(10-7-26,11-8-26)36-22(28(31,32)33)17(12-34)23(39)37(16-25(2,3)4)15-20(38)21-18(29)13-35-14-19(21)30/h12-14,34,36H,5-11,15-16H2,1-4H3/b22-17+,34-12?. The zero-order valence-corrected chi connectivity index (χ0v) is 25.0. The summed E-state index contributed by atoms with van der Waals surface area (Å²) in [5.74, 6) is -2.14. The highest BCUT2D eigenvalue weighted by atomic mass is 35.5. The Kier molecular flexibility index (Phi) is 9.85. The van der Waals surface area contributed by atoms with E-state index in [1.165, 1.54) is 12.4 Å². The molecule has 2 bridgehead atoms. The van der Waals surface area contributed by atoms with E-state index in [0.717, 1.165) is 4.90 Å². The Morgan fingerprint density at radius 3 is 2.05 bits per heavy atom. The predicted octanol–water partition coefficient (Wildman–Crippen LogP) is 6.16. The molecule has 3 aliphatic rings. The van der Waals surface area contributed by atoms with Crippen molar-refractivity contribution >= 4 is 47.1 Å². The van der Waals surface area contributed by atoms with Crippen LogP contribution in [0, 0.1) is 16.2 Å². The maximum Gasteiger partial charge on any atom is 0.431 e. The van der Waals surface area contributed by atoms with E-state index in [4.69, 9.17) is 33.3 Å². The van der Waals surface area contributed by atoms with Gasteiger partial charge in [0.2, 0.25) is 0 Å². The van der Waals surface area contributed by atoms with Crippen LogP contribution in [0.3, 0.4) is 0 Å². The number of carbonyl (C=O) groups is 3. The fraction of sp³-hybridized carbons (Fsp3) is 0.607. The van der Waals surface area contributed by atoms with Gasteiger partial charge in [-0.3, -0.25) is 19.4 Å². The first kappa shape index (κ1) is 32.8. The maximum atomic E-state index is 14.6. The lowest BCUT2D eigenvalue weighted by Crippen LogP contribution is -2.58. The van der Waals surface area contributed by atoms with Crippen molar-refractivity contribution in [1.29, 1.82) is 5.41 Å². The zero-order valence-electron chi connectivity index (χ0n) is 23.5. The molecule has 3 saturated carbocycles. The van der Waals surface area contributed by atoms with Crippen LogP contribution >= 0.6 is 23.2 Å². The number of nitrogens with zero attached hydrogens (tertiary/aromatic N) is 2. The molecule has 41 heavy (non-hydrogen) atoms. The third-order valence-electron chi connectivity index (χ3n) is 7.69. The number of fused-ring (bicyclic) bond motifs is 3. The summed E-state index contributed by atoms with van der Waals surface area (Å²) < 4.78 is 48.9. The normalized spacial score (nSPS) is 23.0. The Hall–Kier alpha value is -2.66. The fourth-order valence-corrected chi connectivity index (χ4v) is 6.21. The molecule has 0 spiro atoms. The number of aromatic nitrogens is 1. The van der Waals surface area contributed by atoms with Crippen molar-refractivity contribution in [3.63, 3.8) is 0 Å². The van der Waals surface area contributed by atoms with E-state index in [-0.39, 0.29) is 54.0 Å². The Morgan fingerprint density at radius 2 is 1.61 bits per heavy atom. The smallest absolute Gasteiger partial charge is 0.431 e. The number of ether oxygens (including phenoxy) is 1. The highest BCUT2D eigenvalue weighted by Crippen LogP contribution is 2.53. The highest BCUT2D eigenvalue weighted by molar-refractivity contribution is 6.39. The quantitative estimate of drug-likeness (QED) is 0.141. The largest absolute Gasteiger partial charge is 0.466 e. The van der Waals surface area contributed by atoms with Crippen molar-refractivity contribution in [3.8, 4) is 0 Å². The van der Waals surface area contributed by atoms with Gasteiger partial charge in [-0.2, -0.15) is 13.2 Å². The summed E-state index contributed by atoms with van der Waals surface area (Å²) in [6, 6.07) is 0. The van der Waals surface area contributed by atoms with E-state index in [9.17, 15) is 27.6 Å². The van der Waals surface area contributed by atoms with Crippen LogP contribution in [0.1, 0.15) is 76.6 Å². The molecule has 1 aromatic rings. The molecule has 1 heterocycles. The summed E-state index contributed by atoms with van der Waals surface area (Å²) in [5, 5.41) is 10.3.